The van der Waals surface area contributed by atoms with Crippen LogP contribution in [-0.4, -0.2) is 59.8 Å². The van der Waals surface area contributed by atoms with Crippen LogP contribution in [0.2, 0.25) is 0 Å². The lowest BCUT2D eigenvalue weighted by Crippen LogP contribution is -2.44. The Morgan fingerprint density at radius 2 is 1.78 bits per heavy atom. The molecule has 0 radical (unpaired) electrons. The summed E-state index contributed by atoms with van der Waals surface area (Å²) in [5.41, 5.74) is 0.0499. The number of aromatic nitrogens is 2. The maximum Gasteiger partial charge on any atom is 0.332 e. The Hall–Kier alpha value is -3.89. The molecule has 1 saturated heterocycles. The summed E-state index contributed by atoms with van der Waals surface area (Å²) in [5, 5.41) is 0.196. The summed E-state index contributed by atoms with van der Waals surface area (Å²) in [6, 6.07) is 9.44. The second kappa shape index (κ2) is 10.00. The van der Waals surface area contributed by atoms with E-state index in [9.17, 15) is 23.2 Å². The van der Waals surface area contributed by atoms with Crippen molar-refractivity contribution >= 4 is 17.3 Å². The molecule has 36 heavy (non-hydrogen) atoms. The number of hydrogen-bond acceptors (Lipinski definition) is 6. The molecular weight excluding hydrogens is 476 g/mol. The van der Waals surface area contributed by atoms with Gasteiger partial charge in [-0.2, -0.15) is 0 Å². The van der Waals surface area contributed by atoms with E-state index in [0.717, 1.165) is 11.0 Å². The van der Waals surface area contributed by atoms with Crippen LogP contribution in [-0.2, 0) is 11.3 Å². The number of likely N-dealkylation sites (tertiary alicyclic amines) is 1. The Balaban J connectivity index is 1.62. The Kier molecular flexibility index (Phi) is 6.62. The molecule has 190 valence electrons. The third-order valence-electron chi connectivity index (χ3n) is 6.58. The van der Waals surface area contributed by atoms with Gasteiger partial charge in [-0.25, -0.2) is 13.6 Å². The minimum Gasteiger partial charge on any atom is -0.485 e. The first-order valence-electron chi connectivity index (χ1n) is 11.7. The van der Waals surface area contributed by atoms with Gasteiger partial charge in [0.2, 0.25) is 13.2 Å². The Labute approximate surface area is 204 Å². The number of alkyl halides is 2. The van der Waals surface area contributed by atoms with Crippen LogP contribution in [0.25, 0.3) is 10.9 Å². The molecule has 1 fully saturated rings. The minimum atomic E-state index is -1.28. The van der Waals surface area contributed by atoms with Crippen molar-refractivity contribution in [3.63, 3.8) is 0 Å². The van der Waals surface area contributed by atoms with Gasteiger partial charge in [0.15, 0.2) is 17.6 Å². The van der Waals surface area contributed by atoms with Crippen molar-refractivity contribution in [1.29, 1.82) is 0 Å². The summed E-state index contributed by atoms with van der Waals surface area (Å²) < 4.78 is 44.9. The molecule has 0 saturated carbocycles. The van der Waals surface area contributed by atoms with Gasteiger partial charge in [-0.15, -0.1) is 0 Å². The summed E-state index contributed by atoms with van der Waals surface area (Å²) in [4.78, 5) is 40.0. The van der Waals surface area contributed by atoms with Crippen LogP contribution in [0.15, 0.2) is 46.0 Å². The monoisotopic (exact) mass is 501 g/mol. The standard InChI is InChI=1S/C25H25F2N3O6/c26-11-19(12-27)36-18-2-3-21-20(10-18)24(32)29(13-16-1-4-22-23(9-16)35-15-34-22)25(33)30(21)17-5-7-28(14-31)8-6-17/h1-4,9-10,14,17,19H,5-8,11-13,15H2. The second-order valence-corrected chi connectivity index (χ2v) is 8.83. The van der Waals surface area contributed by atoms with Crippen molar-refractivity contribution in [2.24, 2.45) is 0 Å². The number of ether oxygens (including phenoxy) is 3. The first-order chi connectivity index (χ1) is 17.5. The normalized spacial score (nSPS) is 15.6. The molecule has 0 bridgehead atoms. The van der Waals surface area contributed by atoms with Gasteiger partial charge in [0.05, 0.1) is 17.4 Å². The number of hydrogen-bond donors (Lipinski definition) is 0. The van der Waals surface area contributed by atoms with E-state index in [1.54, 1.807) is 33.7 Å². The van der Waals surface area contributed by atoms with Gasteiger partial charge < -0.3 is 19.1 Å². The molecule has 5 rings (SSSR count). The van der Waals surface area contributed by atoms with E-state index in [0.29, 0.717) is 48.5 Å². The highest BCUT2D eigenvalue weighted by Crippen LogP contribution is 2.33. The number of rotatable bonds is 8. The van der Waals surface area contributed by atoms with Gasteiger partial charge in [0, 0.05) is 19.1 Å². The molecule has 1 amide bonds. The molecular formula is C25H25F2N3O6. The second-order valence-electron chi connectivity index (χ2n) is 8.83. The molecule has 0 atom stereocenters. The summed E-state index contributed by atoms with van der Waals surface area (Å²) >= 11 is 0. The molecule has 9 nitrogen and oxygen atoms in total. The molecule has 0 spiro atoms. The maximum atomic E-state index is 13.7. The Bertz CT molecular complexity index is 1390. The Morgan fingerprint density at radius 1 is 1.03 bits per heavy atom. The van der Waals surface area contributed by atoms with E-state index in [-0.39, 0.29) is 30.5 Å². The molecule has 11 heteroatoms. The SMILES string of the molecule is O=CN1CCC(n2c(=O)n(Cc3ccc4c(c3)OCO4)c(=O)c3cc(OC(CF)CF)ccc32)CC1. The van der Waals surface area contributed by atoms with Crippen molar-refractivity contribution in [2.45, 2.75) is 31.5 Å². The molecule has 3 heterocycles. The van der Waals surface area contributed by atoms with E-state index in [2.05, 4.69) is 0 Å². The fraction of sp³-hybridized carbons (Fsp3) is 0.400. The molecule has 3 aromatic rings. The van der Waals surface area contributed by atoms with Crippen molar-refractivity contribution in [3.8, 4) is 17.2 Å². The van der Waals surface area contributed by atoms with Crippen molar-refractivity contribution in [3.05, 3.63) is 62.8 Å². The number of benzene rings is 2. The van der Waals surface area contributed by atoms with Crippen LogP contribution in [0.3, 0.4) is 0 Å². The highest BCUT2D eigenvalue weighted by atomic mass is 19.1. The number of fused-ring (bicyclic) bond motifs is 2. The topological polar surface area (TPSA) is 92.0 Å². The Morgan fingerprint density at radius 3 is 2.50 bits per heavy atom. The lowest BCUT2D eigenvalue weighted by atomic mass is 10.0. The van der Waals surface area contributed by atoms with Crippen LogP contribution in [0.4, 0.5) is 8.78 Å². The zero-order valence-corrected chi connectivity index (χ0v) is 19.4. The number of piperidine rings is 1. The van der Waals surface area contributed by atoms with Crippen LogP contribution >= 0.6 is 0 Å². The average Bonchev–Trinajstić information content (AvgIpc) is 3.38. The highest BCUT2D eigenvalue weighted by Gasteiger charge is 2.25. The van der Waals surface area contributed by atoms with Gasteiger partial charge in [0.1, 0.15) is 19.1 Å². The van der Waals surface area contributed by atoms with Gasteiger partial charge in [-0.05, 0) is 48.7 Å². The zero-order valence-electron chi connectivity index (χ0n) is 19.4. The first kappa shape index (κ1) is 23.8. The first-order valence-corrected chi connectivity index (χ1v) is 11.7. The van der Waals surface area contributed by atoms with E-state index >= 15 is 0 Å². The molecule has 1 aromatic heterocycles. The summed E-state index contributed by atoms with van der Waals surface area (Å²) in [7, 11) is 0. The smallest absolute Gasteiger partial charge is 0.332 e. The highest BCUT2D eigenvalue weighted by molar-refractivity contribution is 5.80. The van der Waals surface area contributed by atoms with Gasteiger partial charge in [-0.3, -0.25) is 18.7 Å². The average molecular weight is 501 g/mol. The van der Waals surface area contributed by atoms with E-state index in [4.69, 9.17) is 14.2 Å². The molecule has 2 aromatic carbocycles. The number of nitrogens with zero attached hydrogens (tertiary/aromatic N) is 3. The van der Waals surface area contributed by atoms with Crippen molar-refractivity contribution < 1.29 is 27.8 Å². The summed E-state index contributed by atoms with van der Waals surface area (Å²) in [6.45, 7) is -0.976. The fourth-order valence-corrected chi connectivity index (χ4v) is 4.70. The quantitative estimate of drug-likeness (QED) is 0.441. The minimum absolute atomic E-state index is 0.0138. The number of carbonyl (C=O) groups is 1. The molecule has 2 aliphatic rings. The zero-order chi connectivity index (χ0) is 25.2. The molecule has 0 N–H and O–H groups in total. The van der Waals surface area contributed by atoms with Crippen molar-refractivity contribution in [2.75, 3.05) is 33.2 Å². The maximum absolute atomic E-state index is 13.7. The predicted molar refractivity (Wildman–Crippen MR) is 126 cm³/mol. The van der Waals surface area contributed by atoms with Gasteiger partial charge >= 0.3 is 5.69 Å². The fourth-order valence-electron chi connectivity index (χ4n) is 4.70. The van der Waals surface area contributed by atoms with E-state index in [1.807, 2.05) is 0 Å². The van der Waals surface area contributed by atoms with E-state index in [1.165, 1.54) is 12.1 Å². The number of carbonyl (C=O) groups excluding carboxylic acids is 1. The van der Waals surface area contributed by atoms with E-state index < -0.39 is 30.7 Å². The number of halogens is 2. The molecule has 0 unspecified atom stereocenters. The van der Waals surface area contributed by atoms with Crippen LogP contribution in [0.1, 0.15) is 24.4 Å². The third-order valence-corrected chi connectivity index (χ3v) is 6.58. The third kappa shape index (κ3) is 4.40. The summed E-state index contributed by atoms with van der Waals surface area (Å²) in [6.07, 6.45) is 0.588. The lowest BCUT2D eigenvalue weighted by molar-refractivity contribution is -0.119. The van der Waals surface area contributed by atoms with Crippen LogP contribution in [0.5, 0.6) is 17.2 Å². The van der Waals surface area contributed by atoms with Gasteiger partial charge in [0.25, 0.3) is 5.56 Å². The van der Waals surface area contributed by atoms with Gasteiger partial charge in [-0.1, -0.05) is 6.07 Å². The van der Waals surface area contributed by atoms with Crippen LogP contribution in [0, 0.1) is 0 Å². The molecule has 2 aliphatic heterocycles. The number of amides is 1. The summed E-state index contributed by atoms with van der Waals surface area (Å²) in [5.74, 6) is 1.25. The predicted octanol–water partition coefficient (Wildman–Crippen LogP) is 2.42. The lowest BCUT2D eigenvalue weighted by Gasteiger charge is -2.31. The van der Waals surface area contributed by atoms with Crippen molar-refractivity contribution in [1.82, 2.24) is 14.0 Å². The van der Waals surface area contributed by atoms with Crippen LogP contribution < -0.4 is 25.5 Å². The molecule has 0 aliphatic carbocycles. The largest absolute Gasteiger partial charge is 0.485 e.